The van der Waals surface area contributed by atoms with E-state index in [9.17, 15) is 0 Å². The van der Waals surface area contributed by atoms with Gasteiger partial charge in [-0.3, -0.25) is 5.10 Å². The van der Waals surface area contributed by atoms with Crippen molar-refractivity contribution in [3.8, 4) is 0 Å². The number of hydrogen-bond acceptors (Lipinski definition) is 3. The van der Waals surface area contributed by atoms with Crippen molar-refractivity contribution in [3.63, 3.8) is 0 Å². The van der Waals surface area contributed by atoms with Crippen LogP contribution in [0.2, 0.25) is 10.0 Å². The quantitative estimate of drug-likeness (QED) is 0.821. The largest absolute Gasteiger partial charge is 0.312 e. The highest BCUT2D eigenvalue weighted by molar-refractivity contribution is 6.35. The van der Waals surface area contributed by atoms with Gasteiger partial charge in [0.25, 0.3) is 0 Å². The van der Waals surface area contributed by atoms with Gasteiger partial charge in [0, 0.05) is 29.6 Å². The molecule has 0 spiro atoms. The van der Waals surface area contributed by atoms with Gasteiger partial charge in [0.2, 0.25) is 0 Å². The molecule has 2 aromatic rings. The van der Waals surface area contributed by atoms with Crippen molar-refractivity contribution in [1.82, 2.24) is 20.5 Å². The van der Waals surface area contributed by atoms with Gasteiger partial charge in [0.05, 0.1) is 0 Å². The first kappa shape index (κ1) is 12.4. The van der Waals surface area contributed by atoms with Crippen LogP contribution in [-0.4, -0.2) is 21.7 Å². The molecule has 0 atom stereocenters. The van der Waals surface area contributed by atoms with E-state index < -0.39 is 0 Å². The molecular formula is C11H12Cl2N4. The molecule has 2 N–H and O–H groups in total. The van der Waals surface area contributed by atoms with Crippen LogP contribution in [0.3, 0.4) is 0 Å². The number of nitrogens with zero attached hydrogens (tertiary/aromatic N) is 2. The molecule has 4 nitrogen and oxygen atoms in total. The van der Waals surface area contributed by atoms with E-state index in [0.29, 0.717) is 16.6 Å². The second kappa shape index (κ2) is 6.00. The molecule has 1 aromatic heterocycles. The van der Waals surface area contributed by atoms with E-state index in [-0.39, 0.29) is 0 Å². The molecule has 0 aliphatic carbocycles. The summed E-state index contributed by atoms with van der Waals surface area (Å²) in [6.45, 7) is 1.53. The van der Waals surface area contributed by atoms with Gasteiger partial charge in [0.1, 0.15) is 12.2 Å². The van der Waals surface area contributed by atoms with Gasteiger partial charge < -0.3 is 5.32 Å². The van der Waals surface area contributed by atoms with E-state index in [1.807, 2.05) is 12.1 Å². The second-order valence-electron chi connectivity index (χ2n) is 3.59. The lowest BCUT2D eigenvalue weighted by molar-refractivity contribution is 0.672. The summed E-state index contributed by atoms with van der Waals surface area (Å²) in [5.74, 6) is 0.875. The average molecular weight is 271 g/mol. The van der Waals surface area contributed by atoms with E-state index in [2.05, 4.69) is 20.5 Å². The van der Waals surface area contributed by atoms with Crippen molar-refractivity contribution in [2.45, 2.75) is 13.0 Å². The van der Waals surface area contributed by atoms with Crippen molar-refractivity contribution in [2.24, 2.45) is 0 Å². The molecule has 1 aromatic carbocycles. The molecule has 2 rings (SSSR count). The van der Waals surface area contributed by atoms with E-state index >= 15 is 0 Å². The number of nitrogens with one attached hydrogen (secondary N) is 2. The fourth-order valence-electron chi connectivity index (χ4n) is 1.45. The topological polar surface area (TPSA) is 53.6 Å². The maximum absolute atomic E-state index is 6.06. The van der Waals surface area contributed by atoms with Crippen LogP contribution in [0.15, 0.2) is 24.5 Å². The lowest BCUT2D eigenvalue weighted by Crippen LogP contribution is -2.17. The van der Waals surface area contributed by atoms with Gasteiger partial charge >= 0.3 is 0 Å². The fourth-order valence-corrected chi connectivity index (χ4v) is 1.92. The third kappa shape index (κ3) is 3.70. The Morgan fingerprint density at radius 2 is 2.18 bits per heavy atom. The summed E-state index contributed by atoms with van der Waals surface area (Å²) >= 11 is 11.9. The fraction of sp³-hybridized carbons (Fsp3) is 0.273. The zero-order valence-electron chi connectivity index (χ0n) is 9.08. The molecule has 0 fully saturated rings. The molecule has 17 heavy (non-hydrogen) atoms. The van der Waals surface area contributed by atoms with Crippen LogP contribution in [-0.2, 0) is 13.0 Å². The number of aromatic nitrogens is 3. The van der Waals surface area contributed by atoms with Crippen molar-refractivity contribution in [3.05, 3.63) is 46.0 Å². The molecule has 0 aliphatic rings. The van der Waals surface area contributed by atoms with Gasteiger partial charge in [-0.05, 0) is 17.7 Å². The third-order valence-electron chi connectivity index (χ3n) is 2.33. The molecule has 0 aliphatic heterocycles. The molecule has 0 amide bonds. The Labute approximate surface area is 109 Å². The molecule has 6 heteroatoms. The molecule has 1 heterocycles. The highest BCUT2D eigenvalue weighted by Crippen LogP contribution is 2.20. The van der Waals surface area contributed by atoms with E-state index in [1.54, 1.807) is 6.07 Å². The number of rotatable bonds is 5. The number of halogens is 2. The molecule has 0 bridgehead atoms. The second-order valence-corrected chi connectivity index (χ2v) is 4.44. The van der Waals surface area contributed by atoms with Crippen LogP contribution in [0.1, 0.15) is 11.4 Å². The Morgan fingerprint density at radius 1 is 1.29 bits per heavy atom. The maximum Gasteiger partial charge on any atom is 0.137 e. The number of H-pyrrole nitrogens is 1. The van der Waals surface area contributed by atoms with Crippen LogP contribution < -0.4 is 5.32 Å². The van der Waals surface area contributed by atoms with Crippen LogP contribution in [0, 0.1) is 0 Å². The predicted molar refractivity (Wildman–Crippen MR) is 68.3 cm³/mol. The van der Waals surface area contributed by atoms with Crippen LogP contribution in [0.5, 0.6) is 0 Å². The van der Waals surface area contributed by atoms with Crippen LogP contribution in [0.25, 0.3) is 0 Å². The summed E-state index contributed by atoms with van der Waals surface area (Å²) in [6, 6.07) is 5.50. The molecular weight excluding hydrogens is 259 g/mol. The summed E-state index contributed by atoms with van der Waals surface area (Å²) in [4.78, 5) is 4.04. The smallest absolute Gasteiger partial charge is 0.137 e. The molecule has 0 unspecified atom stereocenters. The molecule has 0 saturated heterocycles. The highest BCUT2D eigenvalue weighted by atomic mass is 35.5. The predicted octanol–water partition coefficient (Wildman–Crippen LogP) is 2.44. The van der Waals surface area contributed by atoms with Crippen molar-refractivity contribution in [2.75, 3.05) is 6.54 Å². The van der Waals surface area contributed by atoms with E-state index in [1.165, 1.54) is 6.33 Å². The monoisotopic (exact) mass is 270 g/mol. The Kier molecular flexibility index (Phi) is 4.36. The van der Waals surface area contributed by atoms with Gasteiger partial charge in [-0.2, -0.15) is 5.10 Å². The van der Waals surface area contributed by atoms with Crippen molar-refractivity contribution in [1.29, 1.82) is 0 Å². The maximum atomic E-state index is 6.06. The molecule has 0 radical (unpaired) electrons. The lowest BCUT2D eigenvalue weighted by Gasteiger charge is -2.06. The molecule has 90 valence electrons. The SMILES string of the molecule is Clc1ccc(CNCCc2ncn[nH]2)c(Cl)c1. The minimum absolute atomic E-state index is 0.653. The number of hydrogen-bond donors (Lipinski definition) is 2. The Balaban J connectivity index is 1.78. The Bertz CT molecular complexity index is 470. The first-order valence-electron chi connectivity index (χ1n) is 5.24. The standard InChI is InChI=1S/C11H12Cl2N4/c12-9-2-1-8(10(13)5-9)6-14-4-3-11-15-7-16-17-11/h1-2,5,7,14H,3-4,6H2,(H,15,16,17). The Morgan fingerprint density at radius 3 is 2.88 bits per heavy atom. The van der Waals surface area contributed by atoms with Gasteiger partial charge in [-0.15, -0.1) is 0 Å². The van der Waals surface area contributed by atoms with Gasteiger partial charge in [0.15, 0.2) is 0 Å². The van der Waals surface area contributed by atoms with Crippen LogP contribution >= 0.6 is 23.2 Å². The first-order chi connectivity index (χ1) is 8.25. The minimum Gasteiger partial charge on any atom is -0.312 e. The summed E-state index contributed by atoms with van der Waals surface area (Å²) in [5.41, 5.74) is 1.04. The summed E-state index contributed by atoms with van der Waals surface area (Å²) in [5, 5.41) is 11.2. The van der Waals surface area contributed by atoms with Crippen LogP contribution in [0.4, 0.5) is 0 Å². The summed E-state index contributed by atoms with van der Waals surface area (Å²) in [7, 11) is 0. The average Bonchev–Trinajstić information content (AvgIpc) is 2.79. The third-order valence-corrected chi connectivity index (χ3v) is 2.92. The van der Waals surface area contributed by atoms with Gasteiger partial charge in [-0.25, -0.2) is 4.98 Å². The molecule has 0 saturated carbocycles. The summed E-state index contributed by atoms with van der Waals surface area (Å²) in [6.07, 6.45) is 2.32. The first-order valence-corrected chi connectivity index (χ1v) is 6.00. The van der Waals surface area contributed by atoms with E-state index in [0.717, 1.165) is 24.4 Å². The number of aromatic amines is 1. The zero-order valence-corrected chi connectivity index (χ0v) is 10.6. The van der Waals surface area contributed by atoms with Gasteiger partial charge in [-0.1, -0.05) is 29.3 Å². The van der Waals surface area contributed by atoms with Crippen molar-refractivity contribution >= 4 is 23.2 Å². The normalized spacial score (nSPS) is 10.7. The summed E-state index contributed by atoms with van der Waals surface area (Å²) < 4.78 is 0. The minimum atomic E-state index is 0.653. The highest BCUT2D eigenvalue weighted by Gasteiger charge is 2.01. The lowest BCUT2D eigenvalue weighted by atomic mass is 10.2. The van der Waals surface area contributed by atoms with Crippen molar-refractivity contribution < 1.29 is 0 Å². The zero-order chi connectivity index (χ0) is 12.1. The van der Waals surface area contributed by atoms with E-state index in [4.69, 9.17) is 23.2 Å². The number of benzene rings is 1. The Hall–Kier alpha value is -1.10.